The summed E-state index contributed by atoms with van der Waals surface area (Å²) in [6.07, 6.45) is 9.87. The van der Waals surface area contributed by atoms with Crippen molar-refractivity contribution in [2.24, 2.45) is 0 Å². The maximum absolute atomic E-state index is 5.62. The molecule has 56 heavy (non-hydrogen) atoms. The van der Waals surface area contributed by atoms with Crippen LogP contribution in [0.1, 0.15) is 86.9 Å². The zero-order chi connectivity index (χ0) is 38.2. The molecule has 280 valence electrons. The van der Waals surface area contributed by atoms with Gasteiger partial charge in [-0.2, -0.15) is 70.9 Å². The second-order valence-electron chi connectivity index (χ2n) is 15.1. The first-order valence-electron chi connectivity index (χ1n) is 19.0. The maximum Gasteiger partial charge on any atom is 3.00 e. The molecule has 2 atom stereocenters. The average Bonchev–Trinajstić information content (AvgIpc) is 4.05. The molecule has 0 saturated heterocycles. The number of hydrogen-bond donors (Lipinski definition) is 0. The Kier molecular flexibility index (Phi) is 10.9. The summed E-state index contributed by atoms with van der Waals surface area (Å²) < 4.78 is 6.29. The summed E-state index contributed by atoms with van der Waals surface area (Å²) in [5.41, 5.74) is 9.21. The predicted octanol–water partition coefficient (Wildman–Crippen LogP) is 10.9. The third kappa shape index (κ3) is 6.80. The van der Waals surface area contributed by atoms with Crippen molar-refractivity contribution in [2.45, 2.75) is 64.5 Å². The Morgan fingerprint density at radius 3 is 1.68 bits per heavy atom. The Hall–Kier alpha value is -5.62. The number of imidazole rings is 1. The van der Waals surface area contributed by atoms with Gasteiger partial charge in [-0.05, 0) is 72.2 Å². The molecule has 0 bridgehead atoms. The fraction of sp³-hybridized carbons (Fsp3) is 0.204. The number of rotatable bonds is 11. The molecule has 0 amide bonds. The molecule has 8 rings (SSSR count). The predicted molar refractivity (Wildman–Crippen MR) is 220 cm³/mol. The van der Waals surface area contributed by atoms with E-state index in [1.165, 1.54) is 22.3 Å². The Morgan fingerprint density at radius 2 is 1.14 bits per heavy atom. The van der Waals surface area contributed by atoms with E-state index < -0.39 is 11.1 Å². The molecule has 6 nitrogen and oxygen atoms in total. The normalized spacial score (nSPS) is 13.6. The Morgan fingerprint density at radius 1 is 0.589 bits per heavy atom. The average molecular weight is 910 g/mol. The monoisotopic (exact) mass is 910 g/mol. The maximum atomic E-state index is 5.62. The molecule has 0 N–H and O–H groups in total. The van der Waals surface area contributed by atoms with E-state index in [-0.39, 0.29) is 31.9 Å². The zero-order valence-electron chi connectivity index (χ0n) is 32.6. The van der Waals surface area contributed by atoms with Gasteiger partial charge in [-0.25, -0.2) is 0 Å². The number of benzene rings is 5. The van der Waals surface area contributed by atoms with E-state index in [2.05, 4.69) is 149 Å². The van der Waals surface area contributed by atoms with Crippen LogP contribution in [0, 0.1) is 18.2 Å². The van der Waals surface area contributed by atoms with Crippen LogP contribution in [0.2, 0.25) is 0 Å². The third-order valence-electron chi connectivity index (χ3n) is 10.9. The minimum atomic E-state index is -0.773. The van der Waals surface area contributed by atoms with Crippen LogP contribution in [-0.4, -0.2) is 29.1 Å². The zero-order valence-corrected chi connectivity index (χ0v) is 35.0. The minimum absolute atomic E-state index is 0. The van der Waals surface area contributed by atoms with Crippen LogP contribution >= 0.6 is 0 Å². The molecule has 1 unspecified atom stereocenters. The Bertz CT molecular complexity index is 2480. The van der Waals surface area contributed by atoms with Crippen molar-refractivity contribution in [1.82, 2.24) is 29.1 Å². The molecular weight excluding hydrogens is 865 g/mol. The molecule has 3 heterocycles. The second-order valence-corrected chi connectivity index (χ2v) is 15.1. The van der Waals surface area contributed by atoms with Crippen molar-refractivity contribution in [2.75, 3.05) is 0 Å². The van der Waals surface area contributed by atoms with Crippen molar-refractivity contribution in [1.29, 1.82) is 0 Å². The minimum Gasteiger partial charge on any atom is -0.339 e. The van der Waals surface area contributed by atoms with Gasteiger partial charge in [0.2, 0.25) is 0 Å². The summed E-state index contributed by atoms with van der Waals surface area (Å²) in [5.74, 6) is 1.24. The smallest absolute Gasteiger partial charge is 0.339 e. The van der Waals surface area contributed by atoms with Crippen molar-refractivity contribution in [3.8, 4) is 28.2 Å². The third-order valence-corrected chi connectivity index (χ3v) is 10.9. The van der Waals surface area contributed by atoms with E-state index in [0.29, 0.717) is 0 Å². The van der Waals surface area contributed by atoms with Crippen LogP contribution in [0.15, 0.2) is 152 Å². The van der Waals surface area contributed by atoms with Crippen molar-refractivity contribution in [3.05, 3.63) is 204 Å². The van der Waals surface area contributed by atoms with Crippen LogP contribution in [0.5, 0.6) is 0 Å². The summed E-state index contributed by atoms with van der Waals surface area (Å²) >= 11 is 0. The van der Waals surface area contributed by atoms with E-state index in [4.69, 9.17) is 15.2 Å². The first-order chi connectivity index (χ1) is 26.7. The first-order valence-corrected chi connectivity index (χ1v) is 19.0. The molecule has 5 aromatic carbocycles. The largest absolute Gasteiger partial charge is 3.00 e. The Labute approximate surface area is 344 Å². The summed E-state index contributed by atoms with van der Waals surface area (Å²) in [6, 6.07) is 52.8. The summed E-state index contributed by atoms with van der Waals surface area (Å²) in [7, 11) is 0. The number of hydrogen-bond acceptors (Lipinski definition) is 3. The second kappa shape index (κ2) is 15.9. The van der Waals surface area contributed by atoms with Crippen LogP contribution in [-0.2, 0) is 31.2 Å². The standard InChI is InChI=1S/C49H45N6.Ir/c1-35(2)43-32-39(37-19-10-7-11-20-37)33-44(36(3)4)46(43)53-34-45(49(6,55-30-18-28-51-55)41-24-14-9-15-25-41)52-47(53)38-21-16-26-42(31-38)48(5,54-29-17-27-50-54)40-22-12-8-13-23-40;/h7-22,24,26-30,32-36H,1-6H3;/q-3;+3/t48?,49-;/m0./s1. The van der Waals surface area contributed by atoms with Gasteiger partial charge in [0, 0.05) is 36.7 Å². The molecular formula is C49H45IrN6. The molecule has 7 heteroatoms. The van der Waals surface area contributed by atoms with E-state index in [9.17, 15) is 0 Å². The number of aromatic nitrogens is 6. The van der Waals surface area contributed by atoms with Gasteiger partial charge in [0.1, 0.15) is 5.54 Å². The first kappa shape index (κ1) is 38.6. The molecule has 0 aliphatic heterocycles. The van der Waals surface area contributed by atoms with Crippen LogP contribution < -0.4 is 0 Å². The molecule has 0 fully saturated rings. The van der Waals surface area contributed by atoms with Crippen LogP contribution in [0.25, 0.3) is 28.2 Å². The van der Waals surface area contributed by atoms with Gasteiger partial charge in [0.05, 0.1) is 17.1 Å². The summed E-state index contributed by atoms with van der Waals surface area (Å²) in [4.78, 5) is 5.62. The van der Waals surface area contributed by atoms with Gasteiger partial charge in [-0.15, -0.1) is 46.5 Å². The quantitative estimate of drug-likeness (QED) is 0.122. The van der Waals surface area contributed by atoms with Crippen molar-refractivity contribution >= 4 is 0 Å². The summed E-state index contributed by atoms with van der Waals surface area (Å²) in [6.45, 7) is 13.5. The van der Waals surface area contributed by atoms with E-state index in [1.807, 2.05) is 76.6 Å². The fourth-order valence-electron chi connectivity index (χ4n) is 7.72. The molecule has 0 aliphatic carbocycles. The van der Waals surface area contributed by atoms with Gasteiger partial charge in [-0.1, -0.05) is 58.0 Å². The summed E-state index contributed by atoms with van der Waals surface area (Å²) in [5, 5.41) is 9.54. The van der Waals surface area contributed by atoms with Crippen molar-refractivity contribution in [3.63, 3.8) is 0 Å². The van der Waals surface area contributed by atoms with Gasteiger partial charge in [-0.3, -0.25) is 14.3 Å². The molecule has 0 aliphatic rings. The molecule has 0 radical (unpaired) electrons. The van der Waals surface area contributed by atoms with Gasteiger partial charge in [0.15, 0.2) is 0 Å². The molecule has 0 spiro atoms. The van der Waals surface area contributed by atoms with E-state index >= 15 is 0 Å². The topological polar surface area (TPSA) is 53.5 Å². The van der Waals surface area contributed by atoms with E-state index in [1.54, 1.807) is 0 Å². The van der Waals surface area contributed by atoms with Gasteiger partial charge in [0.25, 0.3) is 0 Å². The van der Waals surface area contributed by atoms with Gasteiger partial charge < -0.3 is 4.57 Å². The van der Waals surface area contributed by atoms with Crippen LogP contribution in [0.4, 0.5) is 0 Å². The Balaban J connectivity index is 0.00000480. The molecule has 3 aromatic heterocycles. The van der Waals surface area contributed by atoms with E-state index in [0.717, 1.165) is 39.5 Å². The SMILES string of the molecule is CC(C)c1cc(-c2ccccc2)cc(C(C)C)c1-n1cc([C@](C)(c2[c-]cccc2)n2cccn2)nc1-c1[c-]c(C(C)(c2[c-]cccc2)n2cccn2)ccc1.[Ir+3]. The molecule has 0 saturated carbocycles. The molecule has 8 aromatic rings. The number of nitrogens with zero attached hydrogens (tertiary/aromatic N) is 6. The van der Waals surface area contributed by atoms with Gasteiger partial charge >= 0.3 is 20.1 Å². The van der Waals surface area contributed by atoms with Crippen LogP contribution in [0.3, 0.4) is 0 Å². The fourth-order valence-corrected chi connectivity index (χ4v) is 7.72. The van der Waals surface area contributed by atoms with Crippen molar-refractivity contribution < 1.29 is 20.1 Å².